The van der Waals surface area contributed by atoms with Crippen LogP contribution in [0, 0.1) is 11.7 Å². The van der Waals surface area contributed by atoms with Crippen LogP contribution in [0.15, 0.2) is 42.9 Å². The van der Waals surface area contributed by atoms with E-state index in [0.717, 1.165) is 22.0 Å². The Morgan fingerprint density at radius 3 is 2.80 bits per heavy atom. The Bertz CT molecular complexity index is 1070. The summed E-state index contributed by atoms with van der Waals surface area (Å²) in [4.78, 5) is 19.3. The molecule has 1 saturated heterocycles. The second kappa shape index (κ2) is 7.80. The predicted octanol–water partition coefficient (Wildman–Crippen LogP) is 3.59. The Morgan fingerprint density at radius 1 is 1.30 bits per heavy atom. The summed E-state index contributed by atoms with van der Waals surface area (Å²) in [6.45, 7) is 7.33. The number of aromatic nitrogens is 3. The predicted molar refractivity (Wildman–Crippen MR) is 114 cm³/mol. The first kappa shape index (κ1) is 20.5. The maximum absolute atomic E-state index is 14.0. The quantitative estimate of drug-likeness (QED) is 0.700. The number of benzene rings is 1. The van der Waals surface area contributed by atoms with Gasteiger partial charge in [0.2, 0.25) is 5.91 Å². The Morgan fingerprint density at radius 2 is 2.10 bits per heavy atom. The van der Waals surface area contributed by atoms with Crippen LogP contribution in [0.25, 0.3) is 10.9 Å². The van der Waals surface area contributed by atoms with Gasteiger partial charge in [-0.25, -0.2) is 4.39 Å². The van der Waals surface area contributed by atoms with E-state index in [0.29, 0.717) is 19.5 Å². The lowest BCUT2D eigenvalue weighted by atomic mass is 9.93. The molecule has 1 fully saturated rings. The molecule has 158 valence electrons. The van der Waals surface area contributed by atoms with Gasteiger partial charge in [0, 0.05) is 61.4 Å². The highest BCUT2D eigenvalue weighted by Gasteiger charge is 2.45. The van der Waals surface area contributed by atoms with E-state index in [9.17, 15) is 9.18 Å². The van der Waals surface area contributed by atoms with Crippen LogP contribution in [0.5, 0.6) is 0 Å². The largest absolute Gasteiger partial charge is 0.330 e. The van der Waals surface area contributed by atoms with Crippen molar-refractivity contribution >= 4 is 16.8 Å². The summed E-state index contributed by atoms with van der Waals surface area (Å²) in [7, 11) is 1.89. The molecule has 2 aromatic heterocycles. The fourth-order valence-corrected chi connectivity index (χ4v) is 4.54. The minimum absolute atomic E-state index is 0.0407. The molecule has 1 N–H and O–H groups in total. The number of carbonyl (C=O) groups is 1. The first-order valence-corrected chi connectivity index (χ1v) is 10.3. The normalized spacial score (nSPS) is 19.8. The number of nitrogens with zero attached hydrogens (tertiary/aromatic N) is 4. The highest BCUT2D eigenvalue weighted by Crippen LogP contribution is 2.42. The van der Waals surface area contributed by atoms with Crippen LogP contribution in [0.3, 0.4) is 0 Å². The van der Waals surface area contributed by atoms with Crippen molar-refractivity contribution in [3.8, 4) is 0 Å². The van der Waals surface area contributed by atoms with Crippen molar-refractivity contribution in [1.82, 2.24) is 25.0 Å². The molecule has 1 aromatic carbocycles. The summed E-state index contributed by atoms with van der Waals surface area (Å²) in [5.41, 5.74) is 2.38. The topological polar surface area (TPSA) is 63.1 Å². The minimum atomic E-state index is -0.283. The molecule has 30 heavy (non-hydrogen) atoms. The maximum Gasteiger partial charge on any atom is 0.223 e. The molecule has 2 atom stereocenters. The lowest BCUT2D eigenvalue weighted by molar-refractivity contribution is -0.133. The summed E-state index contributed by atoms with van der Waals surface area (Å²) < 4.78 is 15.8. The summed E-state index contributed by atoms with van der Waals surface area (Å²) in [6.07, 6.45) is 6.03. The number of rotatable bonds is 5. The number of halogens is 1. The van der Waals surface area contributed by atoms with Gasteiger partial charge in [-0.05, 0) is 44.5 Å². The van der Waals surface area contributed by atoms with E-state index >= 15 is 0 Å². The zero-order valence-electron chi connectivity index (χ0n) is 17.9. The lowest BCUT2D eigenvalue weighted by Crippen LogP contribution is -2.44. The molecule has 0 radical (unpaired) electrons. The van der Waals surface area contributed by atoms with Crippen molar-refractivity contribution in [2.45, 2.75) is 45.3 Å². The smallest absolute Gasteiger partial charge is 0.223 e. The van der Waals surface area contributed by atoms with E-state index in [1.54, 1.807) is 10.9 Å². The van der Waals surface area contributed by atoms with Crippen LogP contribution in [0.4, 0.5) is 4.39 Å². The Hall–Kier alpha value is -2.80. The van der Waals surface area contributed by atoms with Crippen LogP contribution < -0.4 is 5.32 Å². The number of likely N-dealkylation sites (tertiary alicyclic amines) is 1. The van der Waals surface area contributed by atoms with Crippen LogP contribution in [0.1, 0.15) is 44.4 Å². The van der Waals surface area contributed by atoms with Gasteiger partial charge in [0.25, 0.3) is 0 Å². The molecule has 3 aromatic rings. The van der Waals surface area contributed by atoms with Gasteiger partial charge in [-0.15, -0.1) is 0 Å². The fourth-order valence-electron chi connectivity index (χ4n) is 4.54. The average molecular weight is 410 g/mol. The van der Waals surface area contributed by atoms with Gasteiger partial charge in [0.15, 0.2) is 0 Å². The summed E-state index contributed by atoms with van der Waals surface area (Å²) in [5.74, 6) is -0.00905. The van der Waals surface area contributed by atoms with E-state index in [2.05, 4.69) is 36.2 Å². The third-order valence-corrected chi connectivity index (χ3v) is 5.69. The summed E-state index contributed by atoms with van der Waals surface area (Å²) >= 11 is 0. The van der Waals surface area contributed by atoms with E-state index in [4.69, 9.17) is 0 Å². The van der Waals surface area contributed by atoms with Crippen molar-refractivity contribution in [3.05, 3.63) is 59.8 Å². The first-order chi connectivity index (χ1) is 14.2. The van der Waals surface area contributed by atoms with Crippen molar-refractivity contribution < 1.29 is 9.18 Å². The van der Waals surface area contributed by atoms with Crippen LogP contribution in [0.2, 0.25) is 0 Å². The Labute approximate surface area is 176 Å². The van der Waals surface area contributed by atoms with E-state index in [-0.39, 0.29) is 29.2 Å². The van der Waals surface area contributed by atoms with Gasteiger partial charge in [-0.3, -0.25) is 14.5 Å². The van der Waals surface area contributed by atoms with Crippen molar-refractivity contribution in [3.63, 3.8) is 0 Å². The zero-order chi connectivity index (χ0) is 21.5. The van der Waals surface area contributed by atoms with Crippen LogP contribution in [-0.2, 0) is 18.4 Å². The van der Waals surface area contributed by atoms with Gasteiger partial charge < -0.3 is 10.2 Å². The molecule has 7 heteroatoms. The zero-order valence-corrected chi connectivity index (χ0v) is 17.9. The monoisotopic (exact) mass is 409 g/mol. The standard InChI is InChI=1S/C23H28FN5O/c1-23(2,3)29-20(30)10-17(22(29)18-13-27-28(4)14-18)12-25-11-16-9-19(24)8-15-6-5-7-26-21(15)16/h5-9,13-14,17,22,25H,10-12H2,1-4H3/t17-,22+/m0/s1. The first-order valence-electron chi connectivity index (χ1n) is 10.3. The van der Waals surface area contributed by atoms with Gasteiger partial charge in [-0.1, -0.05) is 6.07 Å². The van der Waals surface area contributed by atoms with E-state index in [1.165, 1.54) is 12.1 Å². The van der Waals surface area contributed by atoms with Crippen LogP contribution >= 0.6 is 0 Å². The van der Waals surface area contributed by atoms with Gasteiger partial charge in [-0.2, -0.15) is 5.10 Å². The molecule has 0 saturated carbocycles. The number of hydrogen-bond acceptors (Lipinski definition) is 4. The fraction of sp³-hybridized carbons (Fsp3) is 0.435. The second-order valence-corrected chi connectivity index (χ2v) is 9.06. The number of amides is 1. The Balaban J connectivity index is 1.54. The van der Waals surface area contributed by atoms with Gasteiger partial charge in [0.1, 0.15) is 5.82 Å². The van der Waals surface area contributed by atoms with Crippen molar-refractivity contribution in [2.24, 2.45) is 13.0 Å². The molecule has 3 heterocycles. The van der Waals surface area contributed by atoms with E-state index < -0.39 is 0 Å². The molecular weight excluding hydrogens is 381 g/mol. The molecule has 0 spiro atoms. The summed E-state index contributed by atoms with van der Waals surface area (Å²) in [5, 5.41) is 8.56. The number of nitrogens with one attached hydrogen (secondary N) is 1. The van der Waals surface area contributed by atoms with Gasteiger partial charge >= 0.3 is 0 Å². The minimum Gasteiger partial charge on any atom is -0.330 e. The number of hydrogen-bond donors (Lipinski definition) is 1. The number of pyridine rings is 1. The van der Waals surface area contributed by atoms with E-state index in [1.807, 2.05) is 36.5 Å². The third-order valence-electron chi connectivity index (χ3n) is 5.69. The van der Waals surface area contributed by atoms with Gasteiger partial charge in [0.05, 0.1) is 17.8 Å². The molecule has 1 aliphatic heterocycles. The molecule has 0 unspecified atom stereocenters. The molecule has 1 aliphatic rings. The van der Waals surface area contributed by atoms with Crippen molar-refractivity contribution in [2.75, 3.05) is 6.54 Å². The maximum atomic E-state index is 14.0. The lowest BCUT2D eigenvalue weighted by Gasteiger charge is -2.38. The summed E-state index contributed by atoms with van der Waals surface area (Å²) in [6, 6.07) is 6.66. The molecule has 0 bridgehead atoms. The highest BCUT2D eigenvalue weighted by atomic mass is 19.1. The number of fused-ring (bicyclic) bond motifs is 1. The van der Waals surface area contributed by atoms with Crippen LogP contribution in [-0.4, -0.2) is 37.7 Å². The molecule has 6 nitrogen and oxygen atoms in total. The third kappa shape index (κ3) is 3.94. The molecule has 4 rings (SSSR count). The number of carbonyl (C=O) groups excluding carboxylic acids is 1. The molecular formula is C23H28FN5O. The molecule has 0 aliphatic carbocycles. The SMILES string of the molecule is Cn1cc([C@H]2[C@H](CNCc3cc(F)cc4cccnc34)CC(=O)N2C(C)(C)C)cn1. The van der Waals surface area contributed by atoms with Crippen molar-refractivity contribution in [1.29, 1.82) is 0 Å². The molecule has 1 amide bonds. The number of aryl methyl sites for hydroxylation is 1. The Kier molecular flexibility index (Phi) is 5.32. The second-order valence-electron chi connectivity index (χ2n) is 9.06. The highest BCUT2D eigenvalue weighted by molar-refractivity contribution is 5.82. The average Bonchev–Trinajstić information content (AvgIpc) is 3.24.